The minimum atomic E-state index is -0.278. The van der Waals surface area contributed by atoms with E-state index in [-0.39, 0.29) is 5.82 Å². The van der Waals surface area contributed by atoms with E-state index >= 15 is 0 Å². The molecule has 0 radical (unpaired) electrons. The summed E-state index contributed by atoms with van der Waals surface area (Å²) >= 11 is 0. The second-order valence-corrected chi connectivity index (χ2v) is 6.17. The third-order valence-electron chi connectivity index (χ3n) is 4.43. The molecular formula is C20H18FN3O. The maximum absolute atomic E-state index is 13.2. The molecule has 1 aromatic heterocycles. The van der Waals surface area contributed by atoms with Gasteiger partial charge in [-0.15, -0.1) is 0 Å². The van der Waals surface area contributed by atoms with Crippen LogP contribution >= 0.6 is 0 Å². The summed E-state index contributed by atoms with van der Waals surface area (Å²) in [6.07, 6.45) is 2.50. The van der Waals surface area contributed by atoms with Crippen molar-refractivity contribution in [3.05, 3.63) is 77.4 Å². The van der Waals surface area contributed by atoms with Gasteiger partial charge in [-0.2, -0.15) is 0 Å². The first-order chi connectivity index (χ1) is 12.2. The SMILES string of the molecule is Cc1cc(F)ccc1Oc1cc(N2CCc3ccccc3C2)ncn1. The van der Waals surface area contributed by atoms with Crippen LogP contribution < -0.4 is 9.64 Å². The van der Waals surface area contributed by atoms with Crippen LogP contribution in [-0.4, -0.2) is 16.5 Å². The topological polar surface area (TPSA) is 38.2 Å². The molecule has 0 spiro atoms. The Morgan fingerprint density at radius 2 is 1.88 bits per heavy atom. The van der Waals surface area contributed by atoms with Crippen molar-refractivity contribution in [3.63, 3.8) is 0 Å². The molecule has 126 valence electrons. The molecule has 0 unspecified atom stereocenters. The van der Waals surface area contributed by atoms with E-state index in [1.165, 1.54) is 29.6 Å². The summed E-state index contributed by atoms with van der Waals surface area (Å²) < 4.78 is 19.0. The molecule has 0 aliphatic carbocycles. The average molecular weight is 335 g/mol. The number of benzene rings is 2. The number of nitrogens with zero attached hydrogens (tertiary/aromatic N) is 3. The highest BCUT2D eigenvalue weighted by Gasteiger charge is 2.18. The molecule has 2 aromatic carbocycles. The highest BCUT2D eigenvalue weighted by atomic mass is 19.1. The molecule has 0 atom stereocenters. The third-order valence-corrected chi connectivity index (χ3v) is 4.43. The first-order valence-electron chi connectivity index (χ1n) is 8.27. The number of aryl methyl sites for hydroxylation is 1. The predicted octanol–water partition coefficient (Wildman–Crippen LogP) is 4.28. The molecule has 4 rings (SSSR count). The first kappa shape index (κ1) is 15.6. The zero-order chi connectivity index (χ0) is 17.2. The largest absolute Gasteiger partial charge is 0.439 e. The Hall–Kier alpha value is -2.95. The number of anilines is 1. The van der Waals surface area contributed by atoms with Crippen LogP contribution in [0, 0.1) is 12.7 Å². The van der Waals surface area contributed by atoms with Gasteiger partial charge in [0.05, 0.1) is 0 Å². The normalized spacial score (nSPS) is 13.4. The smallest absolute Gasteiger partial charge is 0.224 e. The van der Waals surface area contributed by atoms with Crippen molar-refractivity contribution in [1.82, 2.24) is 9.97 Å². The Balaban J connectivity index is 1.56. The van der Waals surface area contributed by atoms with Crippen molar-refractivity contribution in [2.75, 3.05) is 11.4 Å². The summed E-state index contributed by atoms with van der Waals surface area (Å²) in [5.74, 6) is 1.60. The predicted molar refractivity (Wildman–Crippen MR) is 94.4 cm³/mol. The van der Waals surface area contributed by atoms with Gasteiger partial charge in [0, 0.05) is 19.2 Å². The second-order valence-electron chi connectivity index (χ2n) is 6.17. The van der Waals surface area contributed by atoms with E-state index in [1.54, 1.807) is 6.07 Å². The molecular weight excluding hydrogens is 317 g/mol. The van der Waals surface area contributed by atoms with Crippen molar-refractivity contribution < 1.29 is 9.13 Å². The maximum atomic E-state index is 13.2. The van der Waals surface area contributed by atoms with Crippen molar-refractivity contribution in [1.29, 1.82) is 0 Å². The molecule has 5 heteroatoms. The lowest BCUT2D eigenvalue weighted by Crippen LogP contribution is -2.30. The van der Waals surface area contributed by atoms with Crippen molar-refractivity contribution in [2.45, 2.75) is 19.9 Å². The average Bonchev–Trinajstić information content (AvgIpc) is 2.64. The minimum absolute atomic E-state index is 0.278. The molecule has 0 bridgehead atoms. The highest BCUT2D eigenvalue weighted by molar-refractivity contribution is 5.46. The molecule has 0 fully saturated rings. The minimum Gasteiger partial charge on any atom is -0.439 e. The van der Waals surface area contributed by atoms with Gasteiger partial charge in [0.1, 0.15) is 23.7 Å². The fourth-order valence-electron chi connectivity index (χ4n) is 3.09. The molecule has 3 aromatic rings. The Bertz CT molecular complexity index is 913. The van der Waals surface area contributed by atoms with Gasteiger partial charge in [0.25, 0.3) is 0 Å². The standard InChI is InChI=1S/C20H18FN3O/c1-14-10-17(21)6-7-18(14)25-20-11-19(22-13-23-20)24-9-8-15-4-2-3-5-16(15)12-24/h2-7,10-11,13H,8-9,12H2,1H3. The van der Waals surface area contributed by atoms with Crippen LogP contribution in [0.5, 0.6) is 11.6 Å². The van der Waals surface area contributed by atoms with Crippen molar-refractivity contribution in [3.8, 4) is 11.6 Å². The quantitative estimate of drug-likeness (QED) is 0.716. The van der Waals surface area contributed by atoms with Gasteiger partial charge in [-0.05, 0) is 48.2 Å². The van der Waals surface area contributed by atoms with E-state index < -0.39 is 0 Å². The molecule has 0 N–H and O–H groups in total. The van der Waals surface area contributed by atoms with Crippen LogP contribution in [0.3, 0.4) is 0 Å². The van der Waals surface area contributed by atoms with Crippen molar-refractivity contribution in [2.24, 2.45) is 0 Å². The third kappa shape index (κ3) is 3.31. The van der Waals surface area contributed by atoms with Crippen LogP contribution in [0.25, 0.3) is 0 Å². The fraction of sp³-hybridized carbons (Fsp3) is 0.200. The second kappa shape index (κ2) is 6.51. The first-order valence-corrected chi connectivity index (χ1v) is 8.27. The van der Waals surface area contributed by atoms with Crippen LogP contribution in [0.1, 0.15) is 16.7 Å². The zero-order valence-corrected chi connectivity index (χ0v) is 13.9. The van der Waals surface area contributed by atoms with E-state index in [1.807, 2.05) is 13.0 Å². The Kier molecular flexibility index (Phi) is 4.06. The summed E-state index contributed by atoms with van der Waals surface area (Å²) in [5, 5.41) is 0. The van der Waals surface area contributed by atoms with Gasteiger partial charge in [-0.1, -0.05) is 24.3 Å². The van der Waals surface area contributed by atoms with Gasteiger partial charge in [-0.25, -0.2) is 14.4 Å². The summed E-state index contributed by atoms with van der Waals surface area (Å²) in [5.41, 5.74) is 3.45. The zero-order valence-electron chi connectivity index (χ0n) is 13.9. The molecule has 0 saturated heterocycles. The molecule has 4 nitrogen and oxygen atoms in total. The van der Waals surface area contributed by atoms with Crippen LogP contribution in [-0.2, 0) is 13.0 Å². The number of hydrogen-bond acceptors (Lipinski definition) is 4. The maximum Gasteiger partial charge on any atom is 0.224 e. The lowest BCUT2D eigenvalue weighted by Gasteiger charge is -2.29. The molecule has 1 aliphatic heterocycles. The van der Waals surface area contributed by atoms with E-state index in [0.717, 1.165) is 30.9 Å². The van der Waals surface area contributed by atoms with Crippen molar-refractivity contribution >= 4 is 5.82 Å². The number of hydrogen-bond donors (Lipinski definition) is 0. The number of ether oxygens (including phenoxy) is 1. The summed E-state index contributed by atoms with van der Waals surface area (Å²) in [4.78, 5) is 10.8. The van der Waals surface area contributed by atoms with Crippen LogP contribution in [0.15, 0.2) is 54.9 Å². The Morgan fingerprint density at radius 1 is 1.04 bits per heavy atom. The monoisotopic (exact) mass is 335 g/mol. The van der Waals surface area contributed by atoms with Gasteiger partial charge in [-0.3, -0.25) is 0 Å². The molecule has 2 heterocycles. The van der Waals surface area contributed by atoms with Gasteiger partial charge < -0.3 is 9.64 Å². The molecule has 0 amide bonds. The van der Waals surface area contributed by atoms with E-state index in [0.29, 0.717) is 11.6 Å². The summed E-state index contributed by atoms with van der Waals surface area (Å²) in [7, 11) is 0. The number of fused-ring (bicyclic) bond motifs is 1. The number of halogens is 1. The highest BCUT2D eigenvalue weighted by Crippen LogP contribution is 2.28. The molecule has 1 aliphatic rings. The van der Waals surface area contributed by atoms with Crippen LogP contribution in [0.2, 0.25) is 0 Å². The summed E-state index contributed by atoms with van der Waals surface area (Å²) in [6, 6.07) is 14.7. The Labute approximate surface area is 145 Å². The lowest BCUT2D eigenvalue weighted by atomic mass is 10.00. The fourth-order valence-corrected chi connectivity index (χ4v) is 3.09. The van der Waals surface area contributed by atoms with Gasteiger partial charge >= 0.3 is 0 Å². The molecule has 25 heavy (non-hydrogen) atoms. The van der Waals surface area contributed by atoms with E-state index in [2.05, 4.69) is 39.1 Å². The van der Waals surface area contributed by atoms with E-state index in [9.17, 15) is 4.39 Å². The lowest BCUT2D eigenvalue weighted by molar-refractivity contribution is 0.456. The molecule has 0 saturated carbocycles. The Morgan fingerprint density at radius 3 is 2.72 bits per heavy atom. The van der Waals surface area contributed by atoms with Gasteiger partial charge in [0.2, 0.25) is 5.88 Å². The number of rotatable bonds is 3. The summed E-state index contributed by atoms with van der Waals surface area (Å²) in [6.45, 7) is 3.54. The van der Waals surface area contributed by atoms with E-state index in [4.69, 9.17) is 4.74 Å². The number of aromatic nitrogens is 2. The van der Waals surface area contributed by atoms with Crippen LogP contribution in [0.4, 0.5) is 10.2 Å². The van der Waals surface area contributed by atoms with Gasteiger partial charge in [0.15, 0.2) is 0 Å².